The number of methoxy groups -OCH3 is 1. The van der Waals surface area contributed by atoms with Crippen molar-refractivity contribution in [1.82, 2.24) is 9.97 Å². The minimum absolute atomic E-state index is 0.0801. The summed E-state index contributed by atoms with van der Waals surface area (Å²) in [7, 11) is 3.10. The van der Waals surface area contributed by atoms with Gasteiger partial charge in [0.15, 0.2) is 5.82 Å². The van der Waals surface area contributed by atoms with Gasteiger partial charge in [0.2, 0.25) is 11.5 Å². The largest absolute Gasteiger partial charge is 0.489 e. The number of rotatable bonds is 5. The second-order valence-electron chi connectivity index (χ2n) is 3.64. The van der Waals surface area contributed by atoms with E-state index in [4.69, 9.17) is 9.47 Å². The van der Waals surface area contributed by atoms with Crippen LogP contribution in [0.25, 0.3) is 0 Å². The minimum atomic E-state index is -0.526. The molecule has 0 aliphatic heterocycles. The molecule has 0 fully saturated rings. The quantitative estimate of drug-likeness (QED) is 0.660. The molecule has 0 aliphatic carbocycles. The summed E-state index contributed by atoms with van der Waals surface area (Å²) < 4.78 is 10.6. The van der Waals surface area contributed by atoms with E-state index in [0.717, 1.165) is 0 Å². The van der Waals surface area contributed by atoms with E-state index in [0.29, 0.717) is 5.82 Å². The van der Waals surface area contributed by atoms with Crippen LogP contribution in [0.4, 0.5) is 11.5 Å². The average Bonchev–Trinajstić information content (AvgIpc) is 2.47. The van der Waals surface area contributed by atoms with Crippen molar-refractivity contribution in [2.75, 3.05) is 19.5 Å². The Labute approximate surface area is 114 Å². The van der Waals surface area contributed by atoms with Crippen LogP contribution in [0.3, 0.4) is 0 Å². The van der Waals surface area contributed by atoms with Crippen LogP contribution in [0.2, 0.25) is 0 Å². The summed E-state index contributed by atoms with van der Waals surface area (Å²) in [6.45, 7) is 0. The average molecular weight is 276 g/mol. The highest BCUT2D eigenvalue weighted by Gasteiger charge is 2.19. The van der Waals surface area contributed by atoms with Gasteiger partial charge in [-0.15, -0.1) is 0 Å². The number of nitrogens with zero attached hydrogens (tertiary/aromatic N) is 3. The highest BCUT2D eigenvalue weighted by atomic mass is 16.6. The lowest BCUT2D eigenvalue weighted by Gasteiger charge is -2.11. The summed E-state index contributed by atoms with van der Waals surface area (Å²) in [6.07, 6.45) is 1.28. The lowest BCUT2D eigenvalue weighted by molar-refractivity contribution is -0.385. The molecule has 0 aliphatic rings. The molecule has 0 radical (unpaired) electrons. The standard InChI is InChI=1S/C12H12N4O4/c1-13-11-10(19-2)12(15-7-14-11)20-9-6-4-3-5-8(9)16(17)18/h3-7H,1-2H3,(H,13,14,15). The Hall–Kier alpha value is -2.90. The highest BCUT2D eigenvalue weighted by Crippen LogP contribution is 2.37. The van der Waals surface area contributed by atoms with E-state index in [1.165, 1.54) is 25.6 Å². The van der Waals surface area contributed by atoms with Crippen LogP contribution < -0.4 is 14.8 Å². The van der Waals surface area contributed by atoms with Crippen molar-refractivity contribution >= 4 is 11.5 Å². The molecule has 1 N–H and O–H groups in total. The van der Waals surface area contributed by atoms with Crippen LogP contribution in [0.15, 0.2) is 30.6 Å². The summed E-state index contributed by atoms with van der Waals surface area (Å²) in [6, 6.07) is 6.02. The lowest BCUT2D eigenvalue weighted by Crippen LogP contribution is -2.01. The fraction of sp³-hybridized carbons (Fsp3) is 0.167. The second-order valence-corrected chi connectivity index (χ2v) is 3.64. The number of hydrogen-bond acceptors (Lipinski definition) is 7. The van der Waals surface area contributed by atoms with Crippen molar-refractivity contribution in [2.45, 2.75) is 0 Å². The van der Waals surface area contributed by atoms with Crippen molar-refractivity contribution in [1.29, 1.82) is 0 Å². The fourth-order valence-electron chi connectivity index (χ4n) is 1.59. The molecular weight excluding hydrogens is 264 g/mol. The SMILES string of the molecule is CNc1ncnc(Oc2ccccc2[N+](=O)[O-])c1OC. The Kier molecular flexibility index (Phi) is 3.94. The van der Waals surface area contributed by atoms with Crippen molar-refractivity contribution in [3.63, 3.8) is 0 Å². The van der Waals surface area contributed by atoms with Gasteiger partial charge in [-0.1, -0.05) is 12.1 Å². The molecule has 0 saturated heterocycles. The first-order valence-electron chi connectivity index (χ1n) is 5.65. The molecule has 0 atom stereocenters. The zero-order valence-electron chi connectivity index (χ0n) is 10.9. The van der Waals surface area contributed by atoms with Crippen LogP contribution in [-0.2, 0) is 0 Å². The van der Waals surface area contributed by atoms with E-state index in [1.807, 2.05) is 0 Å². The first-order valence-corrected chi connectivity index (χ1v) is 5.65. The van der Waals surface area contributed by atoms with Crippen LogP contribution >= 0.6 is 0 Å². The van der Waals surface area contributed by atoms with Crippen LogP contribution in [0.5, 0.6) is 17.4 Å². The molecule has 104 valence electrons. The van der Waals surface area contributed by atoms with Crippen molar-refractivity contribution in [3.8, 4) is 17.4 Å². The molecule has 2 rings (SSSR count). The maximum Gasteiger partial charge on any atom is 0.311 e. The molecular formula is C12H12N4O4. The normalized spacial score (nSPS) is 9.90. The molecule has 0 spiro atoms. The van der Waals surface area contributed by atoms with Gasteiger partial charge >= 0.3 is 5.69 Å². The van der Waals surface area contributed by atoms with Gasteiger partial charge in [0.05, 0.1) is 12.0 Å². The molecule has 1 aromatic carbocycles. The van der Waals surface area contributed by atoms with E-state index in [1.54, 1.807) is 19.2 Å². The number of para-hydroxylation sites is 2. The van der Waals surface area contributed by atoms with Crippen LogP contribution in [0, 0.1) is 10.1 Å². The monoisotopic (exact) mass is 276 g/mol. The number of nitro benzene ring substituents is 1. The summed E-state index contributed by atoms with van der Waals surface area (Å²) in [5.74, 6) is 0.877. The molecule has 0 saturated carbocycles. The Morgan fingerprint density at radius 3 is 2.70 bits per heavy atom. The molecule has 20 heavy (non-hydrogen) atoms. The topological polar surface area (TPSA) is 99.4 Å². The smallest absolute Gasteiger partial charge is 0.311 e. The predicted molar refractivity (Wildman–Crippen MR) is 71.3 cm³/mol. The number of anilines is 1. The predicted octanol–water partition coefficient (Wildman–Crippen LogP) is 2.23. The van der Waals surface area contributed by atoms with Gasteiger partial charge in [0.1, 0.15) is 6.33 Å². The van der Waals surface area contributed by atoms with Gasteiger partial charge in [0.25, 0.3) is 5.88 Å². The molecule has 8 nitrogen and oxygen atoms in total. The summed E-state index contributed by atoms with van der Waals surface area (Å²) in [5, 5.41) is 13.8. The maximum absolute atomic E-state index is 10.9. The summed E-state index contributed by atoms with van der Waals surface area (Å²) >= 11 is 0. The molecule has 1 aromatic heterocycles. The van der Waals surface area contributed by atoms with E-state index < -0.39 is 4.92 Å². The van der Waals surface area contributed by atoms with E-state index in [9.17, 15) is 10.1 Å². The lowest BCUT2D eigenvalue weighted by atomic mass is 10.3. The summed E-state index contributed by atoms with van der Waals surface area (Å²) in [4.78, 5) is 18.3. The van der Waals surface area contributed by atoms with Gasteiger partial charge in [-0.25, -0.2) is 4.98 Å². The van der Waals surface area contributed by atoms with Crippen molar-refractivity contribution in [2.24, 2.45) is 0 Å². The third kappa shape index (κ3) is 2.58. The molecule has 0 unspecified atom stereocenters. The minimum Gasteiger partial charge on any atom is -0.489 e. The highest BCUT2D eigenvalue weighted by molar-refractivity contribution is 5.57. The third-order valence-corrected chi connectivity index (χ3v) is 2.48. The third-order valence-electron chi connectivity index (χ3n) is 2.48. The Morgan fingerprint density at radius 2 is 2.05 bits per heavy atom. The second kappa shape index (κ2) is 5.83. The number of benzene rings is 1. The van der Waals surface area contributed by atoms with E-state index >= 15 is 0 Å². The number of ether oxygens (including phenoxy) is 2. The number of aromatic nitrogens is 2. The Bertz CT molecular complexity index is 633. The first-order chi connectivity index (χ1) is 9.67. The van der Waals surface area contributed by atoms with Gasteiger partial charge in [-0.3, -0.25) is 10.1 Å². The van der Waals surface area contributed by atoms with Crippen molar-refractivity contribution in [3.05, 3.63) is 40.7 Å². The van der Waals surface area contributed by atoms with Gasteiger partial charge < -0.3 is 14.8 Å². The van der Waals surface area contributed by atoms with Crippen LogP contribution in [-0.4, -0.2) is 29.0 Å². The number of nitrogens with one attached hydrogen (secondary N) is 1. The number of nitro groups is 1. The fourth-order valence-corrected chi connectivity index (χ4v) is 1.59. The molecule has 2 aromatic rings. The summed E-state index contributed by atoms with van der Waals surface area (Å²) in [5.41, 5.74) is -0.154. The van der Waals surface area contributed by atoms with Gasteiger partial charge in [0, 0.05) is 13.1 Å². The molecule has 1 heterocycles. The van der Waals surface area contributed by atoms with E-state index in [2.05, 4.69) is 15.3 Å². The molecule has 8 heteroatoms. The maximum atomic E-state index is 10.9. The Balaban J connectivity index is 2.43. The van der Waals surface area contributed by atoms with Crippen molar-refractivity contribution < 1.29 is 14.4 Å². The first kappa shape index (κ1) is 13.5. The van der Waals surface area contributed by atoms with Gasteiger partial charge in [-0.05, 0) is 6.07 Å². The zero-order valence-corrected chi connectivity index (χ0v) is 10.9. The van der Waals surface area contributed by atoms with Gasteiger partial charge in [-0.2, -0.15) is 4.98 Å². The Morgan fingerprint density at radius 1 is 1.30 bits per heavy atom. The zero-order chi connectivity index (χ0) is 14.5. The van der Waals surface area contributed by atoms with E-state index in [-0.39, 0.29) is 23.1 Å². The number of hydrogen-bond donors (Lipinski definition) is 1. The van der Waals surface area contributed by atoms with Crippen LogP contribution in [0.1, 0.15) is 0 Å². The molecule has 0 amide bonds. The molecule has 0 bridgehead atoms.